The molecule has 0 radical (unpaired) electrons. The highest BCUT2D eigenvalue weighted by atomic mass is 16.5. The Morgan fingerprint density at radius 2 is 1.83 bits per heavy atom. The lowest BCUT2D eigenvalue weighted by molar-refractivity contribution is -0.147. The monoisotopic (exact) mass is 252 g/mol. The molecule has 0 aromatic heterocycles. The fourth-order valence-electron chi connectivity index (χ4n) is 3.73. The Labute approximate surface area is 109 Å². The van der Waals surface area contributed by atoms with Crippen LogP contribution < -0.4 is 5.73 Å². The number of ether oxygens (including phenoxy) is 1. The molecule has 2 heterocycles. The summed E-state index contributed by atoms with van der Waals surface area (Å²) in [6.45, 7) is 3.80. The van der Waals surface area contributed by atoms with Crippen LogP contribution in [0.3, 0.4) is 0 Å². The highest BCUT2D eigenvalue weighted by molar-refractivity contribution is 5.79. The van der Waals surface area contributed by atoms with Gasteiger partial charge in [-0.1, -0.05) is 6.92 Å². The Morgan fingerprint density at radius 1 is 1.17 bits per heavy atom. The summed E-state index contributed by atoms with van der Waals surface area (Å²) in [5, 5.41) is 0. The van der Waals surface area contributed by atoms with Gasteiger partial charge in [-0.05, 0) is 38.0 Å². The zero-order valence-electron chi connectivity index (χ0n) is 11.2. The number of carbonyl (C=O) groups is 1. The zero-order valence-corrected chi connectivity index (χ0v) is 11.2. The molecule has 3 aliphatic rings. The average Bonchev–Trinajstić information content (AvgIpc) is 2.70. The van der Waals surface area contributed by atoms with Crippen molar-refractivity contribution in [3.8, 4) is 0 Å². The van der Waals surface area contributed by atoms with Crippen LogP contribution in [0.2, 0.25) is 0 Å². The molecule has 2 saturated heterocycles. The molecule has 0 aromatic rings. The van der Waals surface area contributed by atoms with E-state index in [0.717, 1.165) is 45.2 Å². The fraction of sp³-hybridized carbons (Fsp3) is 0.929. The van der Waals surface area contributed by atoms with Gasteiger partial charge in [0.25, 0.3) is 0 Å². The molecule has 2 aliphatic heterocycles. The summed E-state index contributed by atoms with van der Waals surface area (Å²) in [6, 6.07) is 0.216. The third kappa shape index (κ3) is 2.28. The van der Waals surface area contributed by atoms with Gasteiger partial charge in [0.05, 0.1) is 12.2 Å². The second kappa shape index (κ2) is 4.82. The molecular weight excluding hydrogens is 228 g/mol. The largest absolute Gasteiger partial charge is 0.371 e. The van der Waals surface area contributed by atoms with Gasteiger partial charge in [0.15, 0.2) is 0 Å². The van der Waals surface area contributed by atoms with Gasteiger partial charge in [-0.25, -0.2) is 0 Å². The van der Waals surface area contributed by atoms with Crippen molar-refractivity contribution < 1.29 is 9.53 Å². The molecule has 1 saturated carbocycles. The number of nitrogens with two attached hydrogens (primary N) is 1. The molecule has 1 amide bonds. The molecule has 18 heavy (non-hydrogen) atoms. The van der Waals surface area contributed by atoms with Crippen LogP contribution in [0.1, 0.15) is 39.0 Å². The van der Waals surface area contributed by atoms with Crippen molar-refractivity contribution >= 4 is 5.91 Å². The third-order valence-corrected chi connectivity index (χ3v) is 4.91. The van der Waals surface area contributed by atoms with E-state index in [1.807, 2.05) is 4.90 Å². The lowest BCUT2D eigenvalue weighted by Crippen LogP contribution is -2.50. The lowest BCUT2D eigenvalue weighted by atomic mass is 9.77. The van der Waals surface area contributed by atoms with E-state index >= 15 is 0 Å². The van der Waals surface area contributed by atoms with Crippen molar-refractivity contribution in [1.29, 1.82) is 0 Å². The molecule has 4 heteroatoms. The average molecular weight is 252 g/mol. The first kappa shape index (κ1) is 12.4. The second-order valence-corrected chi connectivity index (χ2v) is 6.36. The minimum absolute atomic E-state index is 0.145. The summed E-state index contributed by atoms with van der Waals surface area (Å²) in [5.41, 5.74) is 6.03. The molecule has 2 N–H and O–H groups in total. The summed E-state index contributed by atoms with van der Waals surface area (Å²) in [6.07, 6.45) is 5.85. The Bertz CT molecular complexity index is 322. The van der Waals surface area contributed by atoms with Crippen molar-refractivity contribution in [2.24, 2.45) is 17.6 Å². The quantitative estimate of drug-likeness (QED) is 0.761. The number of amides is 1. The molecule has 0 aromatic carbocycles. The van der Waals surface area contributed by atoms with Gasteiger partial charge in [0, 0.05) is 25.0 Å². The van der Waals surface area contributed by atoms with Crippen LogP contribution in [0.25, 0.3) is 0 Å². The topological polar surface area (TPSA) is 55.6 Å². The highest BCUT2D eigenvalue weighted by Crippen LogP contribution is 2.33. The normalized spacial score (nSPS) is 44.1. The van der Waals surface area contributed by atoms with E-state index in [4.69, 9.17) is 10.5 Å². The highest BCUT2D eigenvalue weighted by Gasteiger charge is 2.40. The molecule has 5 atom stereocenters. The van der Waals surface area contributed by atoms with Gasteiger partial charge >= 0.3 is 0 Å². The van der Waals surface area contributed by atoms with E-state index in [0.29, 0.717) is 24.0 Å². The number of nitrogens with zero attached hydrogens (tertiary/aromatic N) is 1. The number of morpholine rings is 1. The molecule has 0 spiro atoms. The second-order valence-electron chi connectivity index (χ2n) is 6.36. The van der Waals surface area contributed by atoms with Gasteiger partial charge in [-0.2, -0.15) is 0 Å². The lowest BCUT2D eigenvalue weighted by Gasteiger charge is -2.38. The minimum atomic E-state index is 0.145. The van der Waals surface area contributed by atoms with Crippen molar-refractivity contribution in [2.45, 2.75) is 57.3 Å². The maximum absolute atomic E-state index is 12.6. The summed E-state index contributed by atoms with van der Waals surface area (Å²) in [5.74, 6) is 0.960. The fourth-order valence-corrected chi connectivity index (χ4v) is 3.73. The van der Waals surface area contributed by atoms with Crippen LogP contribution in [-0.2, 0) is 9.53 Å². The van der Waals surface area contributed by atoms with E-state index < -0.39 is 0 Å². The molecule has 102 valence electrons. The molecular formula is C14H24N2O2. The van der Waals surface area contributed by atoms with Crippen LogP contribution in [0.4, 0.5) is 0 Å². The van der Waals surface area contributed by atoms with Gasteiger partial charge in [0.2, 0.25) is 5.91 Å². The van der Waals surface area contributed by atoms with Gasteiger partial charge in [0.1, 0.15) is 0 Å². The van der Waals surface area contributed by atoms with Crippen LogP contribution in [0.15, 0.2) is 0 Å². The summed E-state index contributed by atoms with van der Waals surface area (Å²) in [4.78, 5) is 14.7. The van der Waals surface area contributed by atoms with E-state index in [2.05, 4.69) is 6.92 Å². The number of fused-ring (bicyclic) bond motifs is 2. The standard InChI is InChI=1S/C14H24N2O2/c1-9-2-3-10(15)6-13(9)14(17)16-7-11-4-5-12(8-16)18-11/h9-13H,2-8,15H2,1H3. The molecule has 5 unspecified atom stereocenters. The maximum atomic E-state index is 12.6. The van der Waals surface area contributed by atoms with Gasteiger partial charge < -0.3 is 15.4 Å². The number of rotatable bonds is 1. The number of hydrogen-bond donors (Lipinski definition) is 1. The maximum Gasteiger partial charge on any atom is 0.226 e. The van der Waals surface area contributed by atoms with Crippen molar-refractivity contribution in [2.75, 3.05) is 13.1 Å². The molecule has 4 nitrogen and oxygen atoms in total. The first-order chi connectivity index (χ1) is 8.63. The van der Waals surface area contributed by atoms with E-state index in [9.17, 15) is 4.79 Å². The van der Waals surface area contributed by atoms with Crippen LogP contribution in [-0.4, -0.2) is 42.1 Å². The summed E-state index contributed by atoms with van der Waals surface area (Å²) in [7, 11) is 0. The first-order valence-corrected chi connectivity index (χ1v) is 7.33. The van der Waals surface area contributed by atoms with E-state index in [1.54, 1.807) is 0 Å². The van der Waals surface area contributed by atoms with Gasteiger partial charge in [-0.15, -0.1) is 0 Å². The SMILES string of the molecule is CC1CCC(N)CC1C(=O)N1CC2CCC(C1)O2. The van der Waals surface area contributed by atoms with E-state index in [-0.39, 0.29) is 12.0 Å². The number of likely N-dealkylation sites (tertiary alicyclic amines) is 1. The van der Waals surface area contributed by atoms with Crippen molar-refractivity contribution in [3.05, 3.63) is 0 Å². The van der Waals surface area contributed by atoms with Crippen molar-refractivity contribution in [3.63, 3.8) is 0 Å². The molecule has 3 rings (SSSR count). The van der Waals surface area contributed by atoms with Crippen LogP contribution >= 0.6 is 0 Å². The summed E-state index contributed by atoms with van der Waals surface area (Å²) >= 11 is 0. The number of carbonyl (C=O) groups excluding carboxylic acids is 1. The Morgan fingerprint density at radius 3 is 2.50 bits per heavy atom. The Balaban J connectivity index is 1.66. The van der Waals surface area contributed by atoms with E-state index in [1.165, 1.54) is 0 Å². The third-order valence-electron chi connectivity index (χ3n) is 4.91. The number of hydrogen-bond acceptors (Lipinski definition) is 3. The molecule has 1 aliphatic carbocycles. The van der Waals surface area contributed by atoms with Crippen molar-refractivity contribution in [1.82, 2.24) is 4.90 Å². The Kier molecular flexibility index (Phi) is 3.32. The van der Waals surface area contributed by atoms with Crippen LogP contribution in [0.5, 0.6) is 0 Å². The Hall–Kier alpha value is -0.610. The predicted octanol–water partition coefficient (Wildman–Crippen LogP) is 1.14. The van der Waals surface area contributed by atoms with Crippen LogP contribution in [0, 0.1) is 11.8 Å². The molecule has 2 bridgehead atoms. The first-order valence-electron chi connectivity index (χ1n) is 7.33. The predicted molar refractivity (Wildman–Crippen MR) is 69.0 cm³/mol. The minimum Gasteiger partial charge on any atom is -0.371 e. The molecule has 3 fully saturated rings. The zero-order chi connectivity index (χ0) is 12.7. The summed E-state index contributed by atoms with van der Waals surface area (Å²) < 4.78 is 5.79. The smallest absolute Gasteiger partial charge is 0.226 e. The van der Waals surface area contributed by atoms with Gasteiger partial charge in [-0.3, -0.25) is 4.79 Å².